The first-order valence-corrected chi connectivity index (χ1v) is 8.08. The van der Waals surface area contributed by atoms with E-state index in [-0.39, 0.29) is 6.42 Å². The molecule has 1 unspecified atom stereocenters. The molecule has 5 nitrogen and oxygen atoms in total. The van der Waals surface area contributed by atoms with E-state index >= 15 is 0 Å². The zero-order chi connectivity index (χ0) is 15.2. The summed E-state index contributed by atoms with van der Waals surface area (Å²) in [4.78, 5) is 21.4. The van der Waals surface area contributed by atoms with Crippen molar-refractivity contribution in [1.82, 2.24) is 9.97 Å². The number of aryl methyl sites for hydroxylation is 1. The summed E-state index contributed by atoms with van der Waals surface area (Å²) >= 11 is 1.67. The molecule has 0 radical (unpaired) electrons. The highest BCUT2D eigenvalue weighted by Gasteiger charge is 2.10. The van der Waals surface area contributed by atoms with E-state index in [1.54, 1.807) is 17.7 Å². The molecule has 21 heavy (non-hydrogen) atoms. The average molecular weight is 307 g/mol. The molecule has 2 rings (SSSR count). The van der Waals surface area contributed by atoms with Gasteiger partial charge in [0.25, 0.3) is 0 Å². The quantitative estimate of drug-likeness (QED) is 0.778. The number of carboxylic acids is 1. The first kappa shape index (κ1) is 15.7. The van der Waals surface area contributed by atoms with Crippen molar-refractivity contribution >= 4 is 33.3 Å². The number of carboxylic acid groups (broad SMARTS) is 1. The summed E-state index contributed by atoms with van der Waals surface area (Å²) in [6.07, 6.45) is 4.54. The second-order valence-corrected chi connectivity index (χ2v) is 6.46. The van der Waals surface area contributed by atoms with Gasteiger partial charge in [-0.1, -0.05) is 13.3 Å². The predicted octanol–water partition coefficient (Wildman–Crippen LogP) is 3.69. The van der Waals surface area contributed by atoms with Gasteiger partial charge < -0.3 is 10.4 Å². The van der Waals surface area contributed by atoms with Gasteiger partial charge in [-0.15, -0.1) is 11.3 Å². The zero-order valence-corrected chi connectivity index (χ0v) is 13.2. The van der Waals surface area contributed by atoms with Crippen LogP contribution < -0.4 is 5.32 Å². The highest BCUT2D eigenvalue weighted by Crippen LogP contribution is 2.27. The molecule has 114 valence electrons. The van der Waals surface area contributed by atoms with E-state index < -0.39 is 5.97 Å². The number of aromatic nitrogens is 2. The molecule has 0 fully saturated rings. The SMILES string of the molecule is CCC(CCNc1ncnc2sc(C)cc12)CCC(=O)O. The molecule has 0 aliphatic heterocycles. The molecular formula is C15H21N3O2S. The fraction of sp³-hybridized carbons (Fsp3) is 0.533. The Hall–Kier alpha value is -1.69. The minimum absolute atomic E-state index is 0.250. The summed E-state index contributed by atoms with van der Waals surface area (Å²) in [5, 5.41) is 13.2. The smallest absolute Gasteiger partial charge is 0.303 e. The second-order valence-electron chi connectivity index (χ2n) is 5.22. The highest BCUT2D eigenvalue weighted by atomic mass is 32.1. The number of fused-ring (bicyclic) bond motifs is 1. The van der Waals surface area contributed by atoms with E-state index in [1.807, 2.05) is 0 Å². The monoisotopic (exact) mass is 307 g/mol. The minimum Gasteiger partial charge on any atom is -0.481 e. The van der Waals surface area contributed by atoms with Gasteiger partial charge in [-0.05, 0) is 31.7 Å². The molecule has 0 aliphatic rings. The predicted molar refractivity (Wildman–Crippen MR) is 85.9 cm³/mol. The lowest BCUT2D eigenvalue weighted by Gasteiger charge is -2.14. The Bertz CT molecular complexity index is 612. The van der Waals surface area contributed by atoms with Crippen LogP contribution in [0.1, 0.15) is 37.5 Å². The molecule has 6 heteroatoms. The van der Waals surface area contributed by atoms with Crippen molar-refractivity contribution in [3.8, 4) is 0 Å². The van der Waals surface area contributed by atoms with Gasteiger partial charge in [-0.2, -0.15) is 0 Å². The first-order chi connectivity index (χ1) is 10.1. The van der Waals surface area contributed by atoms with Crippen LogP contribution in [-0.2, 0) is 4.79 Å². The molecule has 2 aromatic rings. The number of nitrogens with one attached hydrogen (secondary N) is 1. The maximum atomic E-state index is 10.6. The molecular weight excluding hydrogens is 286 g/mol. The highest BCUT2D eigenvalue weighted by molar-refractivity contribution is 7.18. The third-order valence-corrected chi connectivity index (χ3v) is 4.60. The van der Waals surface area contributed by atoms with Crippen molar-refractivity contribution in [3.05, 3.63) is 17.3 Å². The molecule has 2 heterocycles. The van der Waals surface area contributed by atoms with Gasteiger partial charge in [-0.3, -0.25) is 4.79 Å². The Morgan fingerprint density at radius 3 is 2.95 bits per heavy atom. The Morgan fingerprint density at radius 2 is 2.24 bits per heavy atom. The van der Waals surface area contributed by atoms with Gasteiger partial charge in [-0.25, -0.2) is 9.97 Å². The van der Waals surface area contributed by atoms with E-state index in [1.165, 1.54) is 4.88 Å². The van der Waals surface area contributed by atoms with Crippen LogP contribution in [0, 0.1) is 12.8 Å². The van der Waals surface area contributed by atoms with Gasteiger partial charge in [0.1, 0.15) is 17.0 Å². The number of hydrogen-bond donors (Lipinski definition) is 2. The summed E-state index contributed by atoms with van der Waals surface area (Å²) < 4.78 is 0. The number of carbonyl (C=O) groups is 1. The van der Waals surface area contributed by atoms with Gasteiger partial charge in [0.2, 0.25) is 0 Å². The van der Waals surface area contributed by atoms with Gasteiger partial charge in [0, 0.05) is 17.8 Å². The molecule has 0 amide bonds. The Balaban J connectivity index is 1.90. The molecule has 0 aromatic carbocycles. The molecule has 2 N–H and O–H groups in total. The number of thiophene rings is 1. The van der Waals surface area contributed by atoms with E-state index in [0.29, 0.717) is 5.92 Å². The van der Waals surface area contributed by atoms with Crippen LogP contribution in [0.4, 0.5) is 5.82 Å². The van der Waals surface area contributed by atoms with E-state index in [0.717, 1.165) is 41.8 Å². The summed E-state index contributed by atoms with van der Waals surface area (Å²) in [6.45, 7) is 4.98. The van der Waals surface area contributed by atoms with Crippen LogP contribution in [0.15, 0.2) is 12.4 Å². The molecule has 0 aliphatic carbocycles. The summed E-state index contributed by atoms with van der Waals surface area (Å²) in [5.41, 5.74) is 0. The third-order valence-electron chi connectivity index (χ3n) is 3.64. The van der Waals surface area contributed by atoms with Crippen LogP contribution in [-0.4, -0.2) is 27.6 Å². The molecule has 0 saturated heterocycles. The zero-order valence-electron chi connectivity index (χ0n) is 12.4. The topological polar surface area (TPSA) is 75.1 Å². The van der Waals surface area contributed by atoms with Crippen LogP contribution in [0.3, 0.4) is 0 Å². The van der Waals surface area contributed by atoms with Crippen LogP contribution in [0.25, 0.3) is 10.2 Å². The van der Waals surface area contributed by atoms with E-state index in [9.17, 15) is 4.79 Å². The molecule has 0 saturated carbocycles. The summed E-state index contributed by atoms with van der Waals surface area (Å²) in [7, 11) is 0. The van der Waals surface area contributed by atoms with Crippen molar-refractivity contribution in [1.29, 1.82) is 0 Å². The summed E-state index contributed by atoms with van der Waals surface area (Å²) in [6, 6.07) is 2.10. The maximum Gasteiger partial charge on any atom is 0.303 e. The molecule has 0 bridgehead atoms. The van der Waals surface area contributed by atoms with Crippen molar-refractivity contribution in [2.24, 2.45) is 5.92 Å². The number of nitrogens with zero attached hydrogens (tertiary/aromatic N) is 2. The Kier molecular flexibility index (Phi) is 5.50. The number of hydrogen-bond acceptors (Lipinski definition) is 5. The van der Waals surface area contributed by atoms with Crippen molar-refractivity contribution in [2.45, 2.75) is 39.5 Å². The molecule has 1 atom stereocenters. The molecule has 2 aromatic heterocycles. The second kappa shape index (κ2) is 7.36. The van der Waals surface area contributed by atoms with Crippen molar-refractivity contribution in [2.75, 3.05) is 11.9 Å². The average Bonchev–Trinajstić information content (AvgIpc) is 2.83. The van der Waals surface area contributed by atoms with Gasteiger partial charge in [0.15, 0.2) is 0 Å². The fourth-order valence-electron chi connectivity index (χ4n) is 2.39. The van der Waals surface area contributed by atoms with E-state index in [4.69, 9.17) is 5.11 Å². The van der Waals surface area contributed by atoms with Gasteiger partial charge >= 0.3 is 5.97 Å². The normalized spacial score (nSPS) is 12.5. The van der Waals surface area contributed by atoms with Crippen LogP contribution >= 0.6 is 11.3 Å². The maximum absolute atomic E-state index is 10.6. The number of anilines is 1. The lowest BCUT2D eigenvalue weighted by molar-refractivity contribution is -0.137. The fourth-order valence-corrected chi connectivity index (χ4v) is 3.24. The summed E-state index contributed by atoms with van der Waals surface area (Å²) in [5.74, 6) is 0.597. The lowest BCUT2D eigenvalue weighted by Crippen LogP contribution is -2.11. The van der Waals surface area contributed by atoms with E-state index in [2.05, 4.69) is 35.2 Å². The number of aliphatic carboxylic acids is 1. The van der Waals surface area contributed by atoms with Crippen molar-refractivity contribution in [3.63, 3.8) is 0 Å². The number of rotatable bonds is 8. The van der Waals surface area contributed by atoms with Crippen molar-refractivity contribution < 1.29 is 9.90 Å². The first-order valence-electron chi connectivity index (χ1n) is 7.27. The van der Waals surface area contributed by atoms with Gasteiger partial charge in [0.05, 0.1) is 5.39 Å². The Morgan fingerprint density at radius 1 is 1.43 bits per heavy atom. The minimum atomic E-state index is -0.715. The van der Waals surface area contributed by atoms with Crippen LogP contribution in [0.5, 0.6) is 0 Å². The molecule has 0 spiro atoms. The lowest BCUT2D eigenvalue weighted by atomic mass is 9.97. The largest absolute Gasteiger partial charge is 0.481 e. The van der Waals surface area contributed by atoms with Crippen LogP contribution in [0.2, 0.25) is 0 Å². The standard InChI is InChI=1S/C15H21N3O2S/c1-3-11(4-5-13(19)20)6-7-16-14-12-8-10(2)21-15(12)18-9-17-14/h8-9,11H,3-7H2,1-2H3,(H,19,20)(H,16,17,18). The third kappa shape index (κ3) is 4.39. The Labute approximate surface area is 128 Å².